The van der Waals surface area contributed by atoms with E-state index in [0.717, 1.165) is 6.26 Å². The Morgan fingerprint density at radius 3 is 2.23 bits per heavy atom. The van der Waals surface area contributed by atoms with Crippen molar-refractivity contribution in [1.82, 2.24) is 4.31 Å². The van der Waals surface area contributed by atoms with E-state index in [4.69, 9.17) is 5.26 Å². The van der Waals surface area contributed by atoms with E-state index in [1.807, 2.05) is 0 Å². The largest absolute Gasteiger partial charge is 0.375 e. The zero-order valence-corrected chi connectivity index (χ0v) is 8.21. The summed E-state index contributed by atoms with van der Waals surface area (Å²) in [5.41, 5.74) is -1.33. The zero-order chi connectivity index (χ0) is 10.1. The van der Waals surface area contributed by atoms with Gasteiger partial charge in [0.2, 0.25) is 10.0 Å². The number of hydrogen-bond donors (Lipinski definition) is 1. The van der Waals surface area contributed by atoms with Crippen LogP contribution in [0.2, 0.25) is 0 Å². The lowest BCUT2D eigenvalue weighted by molar-refractivity contribution is 0.0470. The highest BCUT2D eigenvalue weighted by molar-refractivity contribution is 7.88. The molecule has 0 aliphatic carbocycles. The van der Waals surface area contributed by atoms with Crippen LogP contribution in [0, 0.1) is 11.3 Å². The molecule has 1 N–H and O–H groups in total. The zero-order valence-electron chi connectivity index (χ0n) is 7.39. The number of rotatable bonds is 1. The number of aliphatic hydroxyl groups is 1. The van der Waals surface area contributed by atoms with Crippen molar-refractivity contribution in [2.75, 3.05) is 19.3 Å². The molecule has 0 atom stereocenters. The van der Waals surface area contributed by atoms with Gasteiger partial charge in [0.15, 0.2) is 5.60 Å². The first kappa shape index (κ1) is 10.4. The first-order valence-electron chi connectivity index (χ1n) is 3.96. The molecule has 1 fully saturated rings. The molecule has 0 aromatic heterocycles. The van der Waals surface area contributed by atoms with Crippen LogP contribution in [-0.2, 0) is 10.0 Å². The summed E-state index contributed by atoms with van der Waals surface area (Å²) in [6.07, 6.45) is 1.51. The second-order valence-electron chi connectivity index (χ2n) is 3.31. The third kappa shape index (κ3) is 2.40. The lowest BCUT2D eigenvalue weighted by Crippen LogP contribution is -2.45. The summed E-state index contributed by atoms with van der Waals surface area (Å²) in [6.45, 7) is 0.450. The van der Waals surface area contributed by atoms with Gasteiger partial charge >= 0.3 is 0 Å². The molecule has 0 amide bonds. The maximum Gasteiger partial charge on any atom is 0.211 e. The van der Waals surface area contributed by atoms with Crippen LogP contribution in [0.1, 0.15) is 12.8 Å². The maximum atomic E-state index is 11.0. The molecule has 0 aromatic carbocycles. The second-order valence-corrected chi connectivity index (χ2v) is 5.29. The van der Waals surface area contributed by atoms with Crippen LogP contribution >= 0.6 is 0 Å². The van der Waals surface area contributed by atoms with Gasteiger partial charge in [-0.3, -0.25) is 0 Å². The number of sulfonamides is 1. The molecule has 6 heteroatoms. The summed E-state index contributed by atoms with van der Waals surface area (Å²) in [5.74, 6) is 0. The normalized spacial score (nSPS) is 23.8. The van der Waals surface area contributed by atoms with E-state index in [0.29, 0.717) is 0 Å². The molecule has 1 rings (SSSR count). The predicted octanol–water partition coefficient (Wildman–Crippen LogP) is -0.704. The smallest absolute Gasteiger partial charge is 0.211 e. The molecule has 74 valence electrons. The van der Waals surface area contributed by atoms with Crippen LogP contribution < -0.4 is 0 Å². The van der Waals surface area contributed by atoms with Gasteiger partial charge in [0.1, 0.15) is 0 Å². The van der Waals surface area contributed by atoms with Crippen LogP contribution in [0.4, 0.5) is 0 Å². The van der Waals surface area contributed by atoms with E-state index < -0.39 is 15.6 Å². The molecule has 0 unspecified atom stereocenters. The second kappa shape index (κ2) is 3.25. The Balaban J connectivity index is 2.65. The van der Waals surface area contributed by atoms with Crippen LogP contribution in [-0.4, -0.2) is 42.8 Å². The quantitative estimate of drug-likeness (QED) is 0.572. The van der Waals surface area contributed by atoms with Crippen molar-refractivity contribution in [3.8, 4) is 6.07 Å². The van der Waals surface area contributed by atoms with Gasteiger partial charge in [0.25, 0.3) is 0 Å². The van der Waals surface area contributed by atoms with Gasteiger partial charge in [-0.25, -0.2) is 12.7 Å². The molecule has 0 saturated carbocycles. The summed E-state index contributed by atoms with van der Waals surface area (Å²) >= 11 is 0. The molecule has 0 spiro atoms. The third-order valence-electron chi connectivity index (χ3n) is 2.23. The number of nitriles is 1. The summed E-state index contributed by atoms with van der Waals surface area (Å²) < 4.78 is 23.4. The molecule has 0 aromatic rings. The molecule has 1 heterocycles. The van der Waals surface area contributed by atoms with Gasteiger partial charge in [0, 0.05) is 25.9 Å². The van der Waals surface area contributed by atoms with E-state index in [-0.39, 0.29) is 25.9 Å². The van der Waals surface area contributed by atoms with Crippen molar-refractivity contribution in [3.05, 3.63) is 0 Å². The highest BCUT2D eigenvalue weighted by Gasteiger charge is 2.34. The molecular formula is C7H12N2O3S. The molecule has 1 aliphatic heterocycles. The maximum absolute atomic E-state index is 11.0. The van der Waals surface area contributed by atoms with E-state index in [1.165, 1.54) is 4.31 Å². The Hall–Kier alpha value is -0.640. The number of nitrogens with zero attached hydrogens (tertiary/aromatic N) is 2. The van der Waals surface area contributed by atoms with Crippen LogP contribution in [0.25, 0.3) is 0 Å². The molecular weight excluding hydrogens is 192 g/mol. The minimum Gasteiger partial charge on any atom is -0.375 e. The van der Waals surface area contributed by atoms with Gasteiger partial charge in [-0.15, -0.1) is 0 Å². The first-order chi connectivity index (χ1) is 5.87. The van der Waals surface area contributed by atoms with Gasteiger partial charge in [-0.05, 0) is 0 Å². The molecule has 0 bridgehead atoms. The minimum atomic E-state index is -3.17. The Labute approximate surface area is 77.6 Å². The van der Waals surface area contributed by atoms with E-state index in [2.05, 4.69) is 0 Å². The molecule has 1 saturated heterocycles. The summed E-state index contributed by atoms with van der Waals surface area (Å²) in [6, 6.07) is 1.79. The highest BCUT2D eigenvalue weighted by atomic mass is 32.2. The molecule has 5 nitrogen and oxygen atoms in total. The van der Waals surface area contributed by atoms with Crippen molar-refractivity contribution < 1.29 is 13.5 Å². The Bertz CT molecular complexity index is 322. The van der Waals surface area contributed by atoms with E-state index in [9.17, 15) is 13.5 Å². The van der Waals surface area contributed by atoms with Gasteiger partial charge in [0.05, 0.1) is 12.3 Å². The van der Waals surface area contributed by atoms with Crippen molar-refractivity contribution in [3.63, 3.8) is 0 Å². The van der Waals surface area contributed by atoms with Crippen molar-refractivity contribution in [2.45, 2.75) is 18.4 Å². The van der Waals surface area contributed by atoms with Crippen LogP contribution in [0.5, 0.6) is 0 Å². The van der Waals surface area contributed by atoms with E-state index >= 15 is 0 Å². The molecule has 0 radical (unpaired) electrons. The SMILES string of the molecule is CS(=O)(=O)N1CCC(O)(C#N)CC1. The van der Waals surface area contributed by atoms with Crippen molar-refractivity contribution in [2.24, 2.45) is 0 Å². The Kier molecular flexibility index (Phi) is 2.61. The van der Waals surface area contributed by atoms with Crippen molar-refractivity contribution >= 4 is 10.0 Å². The Morgan fingerprint density at radius 2 is 1.92 bits per heavy atom. The predicted molar refractivity (Wildman–Crippen MR) is 46.2 cm³/mol. The highest BCUT2D eigenvalue weighted by Crippen LogP contribution is 2.22. The minimum absolute atomic E-state index is 0.191. The average molecular weight is 204 g/mol. The van der Waals surface area contributed by atoms with Crippen molar-refractivity contribution in [1.29, 1.82) is 5.26 Å². The first-order valence-corrected chi connectivity index (χ1v) is 5.81. The average Bonchev–Trinajstić information content (AvgIpc) is 2.04. The standard InChI is InChI=1S/C7H12N2O3S/c1-13(11,12)9-4-2-7(10,6-8)3-5-9/h10H,2-5H2,1H3. The summed E-state index contributed by atoms with van der Waals surface area (Å²) in [4.78, 5) is 0. The monoisotopic (exact) mass is 204 g/mol. The fourth-order valence-electron chi connectivity index (χ4n) is 1.30. The number of hydrogen-bond acceptors (Lipinski definition) is 4. The fourth-order valence-corrected chi connectivity index (χ4v) is 2.15. The summed E-state index contributed by atoms with van der Waals surface area (Å²) in [5, 5.41) is 18.1. The summed E-state index contributed by atoms with van der Waals surface area (Å²) in [7, 11) is -3.17. The fraction of sp³-hybridized carbons (Fsp3) is 0.857. The Morgan fingerprint density at radius 1 is 1.46 bits per heavy atom. The topological polar surface area (TPSA) is 81.4 Å². The lowest BCUT2D eigenvalue weighted by Gasteiger charge is -2.32. The van der Waals surface area contributed by atoms with Crippen LogP contribution in [0.15, 0.2) is 0 Å². The van der Waals surface area contributed by atoms with Gasteiger partial charge < -0.3 is 5.11 Å². The van der Waals surface area contributed by atoms with Gasteiger partial charge in [-0.1, -0.05) is 0 Å². The molecule has 13 heavy (non-hydrogen) atoms. The third-order valence-corrected chi connectivity index (χ3v) is 3.53. The van der Waals surface area contributed by atoms with Gasteiger partial charge in [-0.2, -0.15) is 5.26 Å². The number of piperidine rings is 1. The van der Waals surface area contributed by atoms with E-state index in [1.54, 1.807) is 6.07 Å². The molecule has 1 aliphatic rings. The lowest BCUT2D eigenvalue weighted by atomic mass is 9.94. The van der Waals surface area contributed by atoms with Crippen LogP contribution in [0.3, 0.4) is 0 Å².